The van der Waals surface area contributed by atoms with Crippen LogP contribution in [0.1, 0.15) is 23.7 Å². The van der Waals surface area contributed by atoms with Gasteiger partial charge in [0.2, 0.25) is 0 Å². The number of aromatic nitrogens is 2. The number of hydrogen-bond donors (Lipinski definition) is 1. The van der Waals surface area contributed by atoms with Gasteiger partial charge in [-0.2, -0.15) is 10.2 Å². The molecule has 1 rings (SSSR count). The molecule has 0 saturated carbocycles. The van der Waals surface area contributed by atoms with E-state index in [0.29, 0.717) is 18.5 Å². The third-order valence-electron chi connectivity index (χ3n) is 1.94. The van der Waals surface area contributed by atoms with E-state index in [1.807, 2.05) is 6.92 Å². The van der Waals surface area contributed by atoms with Crippen molar-refractivity contribution in [1.82, 2.24) is 15.1 Å². The van der Waals surface area contributed by atoms with E-state index in [9.17, 15) is 9.59 Å². The Hall–Kier alpha value is -1.98. The van der Waals surface area contributed by atoms with Crippen molar-refractivity contribution in [2.75, 3.05) is 13.1 Å². The highest BCUT2D eigenvalue weighted by molar-refractivity contribution is 5.95. The molecule has 0 atom stereocenters. The molecule has 6 nitrogen and oxygen atoms in total. The first-order valence-corrected chi connectivity index (χ1v) is 4.93. The minimum atomic E-state index is -1.02. The molecule has 0 aromatic carbocycles. The lowest BCUT2D eigenvalue weighted by atomic mass is 10.2. The van der Waals surface area contributed by atoms with Gasteiger partial charge in [0, 0.05) is 6.54 Å². The highest BCUT2D eigenvalue weighted by atomic mass is 16.4. The fraction of sp³-hybridized carbons (Fsp3) is 0.400. The maximum Gasteiger partial charge on any atom is 0.323 e. The number of nitrogens with zero attached hydrogens (tertiary/aromatic N) is 3. The normalized spacial score (nSPS) is 9.81. The van der Waals surface area contributed by atoms with E-state index < -0.39 is 5.97 Å². The summed E-state index contributed by atoms with van der Waals surface area (Å²) >= 11 is 0. The summed E-state index contributed by atoms with van der Waals surface area (Å²) in [6.07, 6.45) is 3.43. The molecule has 0 aliphatic rings. The lowest BCUT2D eigenvalue weighted by Crippen LogP contribution is -2.36. The van der Waals surface area contributed by atoms with Crippen LogP contribution in [0.15, 0.2) is 18.5 Å². The molecule has 1 amide bonds. The predicted octanol–water partition coefficient (Wildman–Crippen LogP) is 0.413. The summed E-state index contributed by atoms with van der Waals surface area (Å²) in [5, 5.41) is 15.8. The van der Waals surface area contributed by atoms with Crippen LogP contribution in [0.4, 0.5) is 0 Å². The average Bonchev–Trinajstić information content (AvgIpc) is 2.28. The number of amides is 1. The van der Waals surface area contributed by atoms with Crippen LogP contribution in [0.5, 0.6) is 0 Å². The van der Waals surface area contributed by atoms with Crippen LogP contribution in [-0.2, 0) is 4.79 Å². The molecule has 1 aromatic heterocycles. The average molecular weight is 223 g/mol. The van der Waals surface area contributed by atoms with Gasteiger partial charge in [0.25, 0.3) is 5.91 Å². The molecule has 0 aliphatic heterocycles. The fourth-order valence-corrected chi connectivity index (χ4v) is 1.29. The smallest absolute Gasteiger partial charge is 0.323 e. The molecule has 86 valence electrons. The Morgan fingerprint density at radius 1 is 1.44 bits per heavy atom. The van der Waals surface area contributed by atoms with E-state index in [0.717, 1.165) is 0 Å². The minimum Gasteiger partial charge on any atom is -0.480 e. The molecular weight excluding hydrogens is 210 g/mol. The van der Waals surface area contributed by atoms with Crippen molar-refractivity contribution < 1.29 is 14.7 Å². The van der Waals surface area contributed by atoms with Gasteiger partial charge < -0.3 is 10.0 Å². The maximum absolute atomic E-state index is 11.9. The molecule has 0 spiro atoms. The molecule has 1 heterocycles. The summed E-state index contributed by atoms with van der Waals surface area (Å²) in [6.45, 7) is 2.00. The van der Waals surface area contributed by atoms with Gasteiger partial charge >= 0.3 is 5.97 Å². The summed E-state index contributed by atoms with van der Waals surface area (Å²) in [7, 11) is 0. The monoisotopic (exact) mass is 223 g/mol. The van der Waals surface area contributed by atoms with Crippen molar-refractivity contribution in [3.05, 3.63) is 24.0 Å². The molecule has 0 radical (unpaired) electrons. The number of carbonyl (C=O) groups is 2. The Balaban J connectivity index is 2.78. The van der Waals surface area contributed by atoms with Gasteiger partial charge in [-0.15, -0.1) is 0 Å². The minimum absolute atomic E-state index is 0.297. The van der Waals surface area contributed by atoms with Crippen molar-refractivity contribution in [3.63, 3.8) is 0 Å². The van der Waals surface area contributed by atoms with Crippen molar-refractivity contribution in [3.8, 4) is 0 Å². The van der Waals surface area contributed by atoms with E-state index in [1.165, 1.54) is 23.4 Å². The van der Waals surface area contributed by atoms with Crippen LogP contribution in [0.2, 0.25) is 0 Å². The maximum atomic E-state index is 11.9. The van der Waals surface area contributed by atoms with Gasteiger partial charge in [0.15, 0.2) is 0 Å². The zero-order valence-corrected chi connectivity index (χ0v) is 8.96. The number of carboxylic acids is 1. The Bertz CT molecular complexity index is 367. The van der Waals surface area contributed by atoms with Crippen LogP contribution in [0.3, 0.4) is 0 Å². The number of carbonyl (C=O) groups excluding carboxylic acids is 1. The standard InChI is InChI=1S/C10H13N3O3/c1-2-5-13(7-9(14)15)10(16)8-3-4-11-12-6-8/h3-4,6H,2,5,7H2,1H3,(H,14,15). The van der Waals surface area contributed by atoms with Crippen LogP contribution >= 0.6 is 0 Å². The molecular formula is C10H13N3O3. The highest BCUT2D eigenvalue weighted by Gasteiger charge is 2.17. The first-order valence-electron chi connectivity index (χ1n) is 4.93. The largest absolute Gasteiger partial charge is 0.480 e. The van der Waals surface area contributed by atoms with Crippen molar-refractivity contribution in [2.24, 2.45) is 0 Å². The van der Waals surface area contributed by atoms with Crippen molar-refractivity contribution in [1.29, 1.82) is 0 Å². The predicted molar refractivity (Wildman–Crippen MR) is 55.9 cm³/mol. The highest BCUT2D eigenvalue weighted by Crippen LogP contribution is 2.03. The number of aliphatic carboxylic acids is 1. The number of rotatable bonds is 5. The second-order valence-corrected chi connectivity index (χ2v) is 3.25. The van der Waals surface area contributed by atoms with E-state index in [-0.39, 0.29) is 12.5 Å². The van der Waals surface area contributed by atoms with Crippen molar-refractivity contribution in [2.45, 2.75) is 13.3 Å². The van der Waals surface area contributed by atoms with Gasteiger partial charge in [0.1, 0.15) is 6.54 Å². The van der Waals surface area contributed by atoms with E-state index in [1.54, 1.807) is 0 Å². The Labute approximate surface area is 92.9 Å². The summed E-state index contributed by atoms with van der Waals surface area (Å²) < 4.78 is 0. The third-order valence-corrected chi connectivity index (χ3v) is 1.94. The first kappa shape index (κ1) is 12.1. The second-order valence-electron chi connectivity index (χ2n) is 3.25. The molecule has 1 aromatic rings. The molecule has 0 bridgehead atoms. The molecule has 0 unspecified atom stereocenters. The SMILES string of the molecule is CCCN(CC(=O)O)C(=O)c1ccnnc1. The third kappa shape index (κ3) is 3.30. The molecule has 16 heavy (non-hydrogen) atoms. The van der Waals surface area contributed by atoms with Gasteiger partial charge in [-0.1, -0.05) is 6.92 Å². The van der Waals surface area contributed by atoms with Gasteiger partial charge in [0.05, 0.1) is 18.0 Å². The zero-order chi connectivity index (χ0) is 12.0. The van der Waals surface area contributed by atoms with Crippen LogP contribution in [0, 0.1) is 0 Å². The summed E-state index contributed by atoms with van der Waals surface area (Å²) in [5.74, 6) is -1.36. The van der Waals surface area contributed by atoms with Gasteiger partial charge in [-0.05, 0) is 12.5 Å². The Morgan fingerprint density at radius 3 is 2.69 bits per heavy atom. The molecule has 0 saturated heterocycles. The second kappa shape index (κ2) is 5.79. The van der Waals surface area contributed by atoms with Crippen LogP contribution in [-0.4, -0.2) is 45.2 Å². The quantitative estimate of drug-likeness (QED) is 0.781. The van der Waals surface area contributed by atoms with Crippen molar-refractivity contribution >= 4 is 11.9 Å². The fourth-order valence-electron chi connectivity index (χ4n) is 1.29. The molecule has 0 fully saturated rings. The molecule has 6 heteroatoms. The van der Waals surface area contributed by atoms with E-state index in [2.05, 4.69) is 10.2 Å². The zero-order valence-electron chi connectivity index (χ0n) is 8.96. The lowest BCUT2D eigenvalue weighted by Gasteiger charge is -2.19. The Kier molecular flexibility index (Phi) is 4.38. The molecule has 1 N–H and O–H groups in total. The summed E-state index contributed by atoms with van der Waals surface area (Å²) in [6, 6.07) is 1.51. The van der Waals surface area contributed by atoms with E-state index in [4.69, 9.17) is 5.11 Å². The summed E-state index contributed by atoms with van der Waals surface area (Å²) in [5.41, 5.74) is 0.352. The lowest BCUT2D eigenvalue weighted by molar-refractivity contribution is -0.137. The number of hydrogen-bond acceptors (Lipinski definition) is 4. The van der Waals surface area contributed by atoms with Crippen LogP contribution in [0.25, 0.3) is 0 Å². The summed E-state index contributed by atoms with van der Waals surface area (Å²) in [4.78, 5) is 23.7. The Morgan fingerprint density at radius 2 is 2.19 bits per heavy atom. The number of carboxylic acid groups (broad SMARTS) is 1. The topological polar surface area (TPSA) is 83.4 Å². The molecule has 0 aliphatic carbocycles. The van der Waals surface area contributed by atoms with Crippen LogP contribution < -0.4 is 0 Å². The van der Waals surface area contributed by atoms with E-state index >= 15 is 0 Å². The van der Waals surface area contributed by atoms with Gasteiger partial charge in [-0.3, -0.25) is 9.59 Å². The van der Waals surface area contributed by atoms with Gasteiger partial charge in [-0.25, -0.2) is 0 Å². The first-order chi connectivity index (χ1) is 7.65.